The highest BCUT2D eigenvalue weighted by Gasteiger charge is 2.30. The highest BCUT2D eigenvalue weighted by molar-refractivity contribution is 6.01. The molecule has 2 aliphatic rings. The first kappa shape index (κ1) is 18.7. The van der Waals surface area contributed by atoms with E-state index in [9.17, 15) is 13.2 Å². The van der Waals surface area contributed by atoms with Gasteiger partial charge in [-0.3, -0.25) is 9.89 Å². The number of likely N-dealkylation sites (tertiary alicyclic amines) is 1. The Morgan fingerprint density at radius 3 is 2.32 bits per heavy atom. The molecule has 28 heavy (non-hydrogen) atoms. The van der Waals surface area contributed by atoms with Crippen LogP contribution in [0.25, 0.3) is 0 Å². The van der Waals surface area contributed by atoms with Crippen molar-refractivity contribution in [3.63, 3.8) is 0 Å². The molecule has 2 aromatic rings. The smallest absolute Gasteiger partial charge is 0.354 e. The Kier molecular flexibility index (Phi) is 5.22. The third-order valence-corrected chi connectivity index (χ3v) is 5.13. The van der Waals surface area contributed by atoms with Crippen LogP contribution >= 0.6 is 0 Å². The lowest BCUT2D eigenvalue weighted by molar-refractivity contribution is -0.137. The number of piperidine rings is 1. The molecule has 146 valence electrons. The standard InChI is InChI=1S/C22H22F3N3/c23-22(24,25)20-8-6-18(7-9-20)13-28-15-19-14-27(11-10-21(19)26-16-28)12-17-4-2-1-3-5-17/h1-9,15H,10-14,16H2. The number of halogens is 3. The minimum atomic E-state index is -4.30. The predicted octanol–water partition coefficient (Wildman–Crippen LogP) is 4.71. The topological polar surface area (TPSA) is 18.8 Å². The van der Waals surface area contributed by atoms with E-state index in [4.69, 9.17) is 4.99 Å². The second kappa shape index (κ2) is 7.80. The largest absolute Gasteiger partial charge is 0.416 e. The van der Waals surface area contributed by atoms with Gasteiger partial charge >= 0.3 is 6.18 Å². The summed E-state index contributed by atoms with van der Waals surface area (Å²) in [6.45, 7) is 3.85. The number of nitrogens with zero attached hydrogens (tertiary/aromatic N) is 3. The molecule has 1 saturated heterocycles. The van der Waals surface area contributed by atoms with Gasteiger partial charge in [0.05, 0.1) is 5.56 Å². The zero-order chi connectivity index (χ0) is 19.6. The fraction of sp³-hybridized carbons (Fsp3) is 0.318. The van der Waals surface area contributed by atoms with Crippen LogP contribution in [0.3, 0.4) is 0 Å². The summed E-state index contributed by atoms with van der Waals surface area (Å²) in [5, 5.41) is 0. The first-order valence-electron chi connectivity index (χ1n) is 9.38. The summed E-state index contributed by atoms with van der Waals surface area (Å²) in [6, 6.07) is 15.8. The third-order valence-electron chi connectivity index (χ3n) is 5.13. The minimum absolute atomic E-state index is 0.553. The van der Waals surface area contributed by atoms with E-state index in [-0.39, 0.29) is 0 Å². The van der Waals surface area contributed by atoms with Gasteiger partial charge in [-0.05, 0) is 23.3 Å². The van der Waals surface area contributed by atoms with Crippen LogP contribution < -0.4 is 0 Å². The lowest BCUT2D eigenvalue weighted by atomic mass is 10.0. The molecule has 0 bridgehead atoms. The van der Waals surface area contributed by atoms with Crippen molar-refractivity contribution < 1.29 is 13.2 Å². The molecule has 0 unspecified atom stereocenters. The van der Waals surface area contributed by atoms with Crippen molar-refractivity contribution in [2.45, 2.75) is 25.7 Å². The van der Waals surface area contributed by atoms with E-state index in [1.165, 1.54) is 11.1 Å². The van der Waals surface area contributed by atoms with Crippen LogP contribution in [-0.2, 0) is 19.3 Å². The first-order valence-corrected chi connectivity index (χ1v) is 9.38. The molecule has 0 atom stereocenters. The number of benzene rings is 2. The summed E-state index contributed by atoms with van der Waals surface area (Å²) in [4.78, 5) is 9.16. The van der Waals surface area contributed by atoms with Crippen LogP contribution in [0.1, 0.15) is 23.1 Å². The van der Waals surface area contributed by atoms with Crippen molar-refractivity contribution >= 4 is 5.71 Å². The Morgan fingerprint density at radius 2 is 1.61 bits per heavy atom. The maximum atomic E-state index is 12.7. The molecule has 0 spiro atoms. The molecule has 2 aliphatic heterocycles. The van der Waals surface area contributed by atoms with E-state index in [0.29, 0.717) is 13.2 Å². The van der Waals surface area contributed by atoms with E-state index in [1.54, 1.807) is 12.1 Å². The fourth-order valence-electron chi connectivity index (χ4n) is 3.67. The van der Waals surface area contributed by atoms with Crippen LogP contribution in [-0.4, -0.2) is 35.3 Å². The van der Waals surface area contributed by atoms with E-state index < -0.39 is 11.7 Å². The SMILES string of the molecule is FC(F)(F)c1ccc(CN2C=C3CN(Cc4ccccc4)CCC3=NC2)cc1. The zero-order valence-corrected chi connectivity index (χ0v) is 15.5. The molecule has 3 nitrogen and oxygen atoms in total. The van der Waals surface area contributed by atoms with Gasteiger partial charge in [0.1, 0.15) is 6.67 Å². The summed E-state index contributed by atoms with van der Waals surface area (Å²) in [5.74, 6) is 0. The highest BCUT2D eigenvalue weighted by atomic mass is 19.4. The Morgan fingerprint density at radius 1 is 0.893 bits per heavy atom. The second-order valence-electron chi connectivity index (χ2n) is 7.29. The Labute approximate surface area is 162 Å². The van der Waals surface area contributed by atoms with Crippen molar-refractivity contribution in [1.29, 1.82) is 0 Å². The maximum Gasteiger partial charge on any atom is 0.416 e. The van der Waals surface area contributed by atoms with Crippen LogP contribution in [0.5, 0.6) is 0 Å². The molecule has 6 heteroatoms. The molecule has 0 N–H and O–H groups in total. The summed E-state index contributed by atoms with van der Waals surface area (Å²) in [7, 11) is 0. The Balaban J connectivity index is 1.40. The van der Waals surface area contributed by atoms with Crippen molar-refractivity contribution in [3.8, 4) is 0 Å². The molecule has 1 fully saturated rings. The maximum absolute atomic E-state index is 12.7. The predicted molar refractivity (Wildman–Crippen MR) is 104 cm³/mol. The van der Waals surface area contributed by atoms with E-state index in [1.807, 2.05) is 6.07 Å². The minimum Gasteiger partial charge on any atom is -0.354 e. The Bertz CT molecular complexity index is 870. The molecule has 4 rings (SSSR count). The van der Waals surface area contributed by atoms with Crippen molar-refractivity contribution in [3.05, 3.63) is 83.1 Å². The van der Waals surface area contributed by atoms with Gasteiger partial charge in [-0.15, -0.1) is 0 Å². The van der Waals surface area contributed by atoms with Gasteiger partial charge in [0, 0.05) is 50.1 Å². The van der Waals surface area contributed by atoms with Gasteiger partial charge in [0.15, 0.2) is 0 Å². The highest BCUT2D eigenvalue weighted by Crippen LogP contribution is 2.29. The quantitative estimate of drug-likeness (QED) is 0.759. The van der Waals surface area contributed by atoms with E-state index >= 15 is 0 Å². The molecule has 0 amide bonds. The van der Waals surface area contributed by atoms with Gasteiger partial charge in [-0.25, -0.2) is 0 Å². The number of aliphatic imine (C=N–C) groups is 1. The summed E-state index contributed by atoms with van der Waals surface area (Å²) >= 11 is 0. The van der Waals surface area contributed by atoms with Crippen LogP contribution in [0.4, 0.5) is 13.2 Å². The van der Waals surface area contributed by atoms with Gasteiger partial charge in [0.2, 0.25) is 0 Å². The molecular weight excluding hydrogens is 363 g/mol. The average Bonchev–Trinajstić information content (AvgIpc) is 2.68. The van der Waals surface area contributed by atoms with Crippen molar-refractivity contribution in [2.24, 2.45) is 4.99 Å². The van der Waals surface area contributed by atoms with Crippen LogP contribution in [0.2, 0.25) is 0 Å². The van der Waals surface area contributed by atoms with E-state index in [0.717, 1.165) is 49.5 Å². The van der Waals surface area contributed by atoms with Crippen molar-refractivity contribution in [1.82, 2.24) is 9.80 Å². The zero-order valence-electron chi connectivity index (χ0n) is 15.5. The number of rotatable bonds is 4. The lowest BCUT2D eigenvalue weighted by Gasteiger charge is -2.34. The molecule has 2 heterocycles. The third kappa shape index (κ3) is 4.44. The van der Waals surface area contributed by atoms with Gasteiger partial charge < -0.3 is 4.90 Å². The lowest BCUT2D eigenvalue weighted by Crippen LogP contribution is -2.38. The molecule has 0 saturated carbocycles. The summed E-state index contributed by atoms with van der Waals surface area (Å²) in [6.07, 6.45) is -1.24. The van der Waals surface area contributed by atoms with Crippen molar-refractivity contribution in [2.75, 3.05) is 19.8 Å². The summed E-state index contributed by atoms with van der Waals surface area (Å²) in [5.41, 5.74) is 3.90. The molecule has 2 aromatic carbocycles. The van der Waals surface area contributed by atoms with Gasteiger partial charge in [0.25, 0.3) is 0 Å². The molecule has 0 aliphatic carbocycles. The average molecular weight is 385 g/mol. The Hall–Kier alpha value is -2.60. The molecular formula is C22H22F3N3. The van der Waals surface area contributed by atoms with Gasteiger partial charge in [-0.1, -0.05) is 42.5 Å². The normalized spacial score (nSPS) is 17.8. The van der Waals surface area contributed by atoms with E-state index in [2.05, 4.69) is 40.3 Å². The fourth-order valence-corrected chi connectivity index (χ4v) is 3.67. The summed E-state index contributed by atoms with van der Waals surface area (Å²) < 4.78 is 38.1. The molecule has 0 aromatic heterocycles. The number of hydrogen-bond donors (Lipinski definition) is 0. The molecule has 0 radical (unpaired) electrons. The number of alkyl halides is 3. The van der Waals surface area contributed by atoms with Crippen LogP contribution in [0.15, 0.2) is 71.4 Å². The first-order chi connectivity index (χ1) is 13.5. The number of fused-ring (bicyclic) bond motifs is 1. The monoisotopic (exact) mass is 385 g/mol. The second-order valence-corrected chi connectivity index (χ2v) is 7.29. The van der Waals surface area contributed by atoms with Crippen LogP contribution in [0, 0.1) is 0 Å². The van der Waals surface area contributed by atoms with Gasteiger partial charge in [-0.2, -0.15) is 13.2 Å². The number of hydrogen-bond acceptors (Lipinski definition) is 3.